The van der Waals surface area contributed by atoms with Crippen molar-refractivity contribution in [2.24, 2.45) is 5.92 Å². The van der Waals surface area contributed by atoms with Crippen molar-refractivity contribution in [2.75, 3.05) is 18.6 Å². The van der Waals surface area contributed by atoms with Gasteiger partial charge in [-0.1, -0.05) is 12.1 Å². The summed E-state index contributed by atoms with van der Waals surface area (Å²) < 4.78 is 11.1. The Labute approximate surface area is 149 Å². The molecule has 2 aromatic heterocycles. The fourth-order valence-corrected chi connectivity index (χ4v) is 3.18. The van der Waals surface area contributed by atoms with Crippen molar-refractivity contribution in [2.45, 2.75) is 13.0 Å². The normalized spacial score (nSPS) is 16.3. The van der Waals surface area contributed by atoms with Crippen LogP contribution in [0.4, 0.5) is 5.82 Å². The van der Waals surface area contributed by atoms with E-state index in [4.69, 9.17) is 9.15 Å². The predicted octanol–water partition coefficient (Wildman–Crippen LogP) is 2.34. The molecule has 0 saturated carbocycles. The molecular formula is C18H18N4O4. The molecule has 0 aliphatic carbocycles. The van der Waals surface area contributed by atoms with Crippen molar-refractivity contribution < 1.29 is 19.1 Å². The maximum absolute atomic E-state index is 11.4. The molecule has 0 amide bonds. The topological polar surface area (TPSA) is 104 Å². The summed E-state index contributed by atoms with van der Waals surface area (Å²) in [7, 11) is 1.61. The standard InChI is InChI=1S/C18H18N4O4/c1-25-14-4-2-3-11(6-14)15-8-19-16(26-15)10-22-9-13(18(23)24)5-12-7-20-21-17(12)22/h2-4,6-8,13H,5,9-10H2,1H3,(H,20,21)(H,23,24). The molecule has 1 aromatic carbocycles. The molecule has 0 saturated heterocycles. The van der Waals surface area contributed by atoms with Crippen molar-refractivity contribution in [3.8, 4) is 17.1 Å². The van der Waals surface area contributed by atoms with E-state index in [1.807, 2.05) is 29.2 Å². The van der Waals surface area contributed by atoms with Crippen LogP contribution in [0.1, 0.15) is 11.5 Å². The Morgan fingerprint density at radius 3 is 3.15 bits per heavy atom. The van der Waals surface area contributed by atoms with Gasteiger partial charge in [0.2, 0.25) is 5.89 Å². The molecule has 1 unspecified atom stereocenters. The van der Waals surface area contributed by atoms with Gasteiger partial charge in [-0.3, -0.25) is 9.89 Å². The molecular weight excluding hydrogens is 336 g/mol. The van der Waals surface area contributed by atoms with Gasteiger partial charge in [0.05, 0.1) is 32.0 Å². The van der Waals surface area contributed by atoms with E-state index < -0.39 is 11.9 Å². The second kappa shape index (κ2) is 6.55. The molecule has 8 heteroatoms. The number of carbonyl (C=O) groups is 1. The molecule has 2 N–H and O–H groups in total. The van der Waals surface area contributed by atoms with E-state index >= 15 is 0 Å². The SMILES string of the molecule is COc1cccc(-c2cnc(CN3CC(C(=O)O)Cc4cn[nH]c43)o2)c1. The highest BCUT2D eigenvalue weighted by Crippen LogP contribution is 2.30. The van der Waals surface area contributed by atoms with Gasteiger partial charge in [0, 0.05) is 17.7 Å². The van der Waals surface area contributed by atoms with Crippen LogP contribution >= 0.6 is 0 Å². The lowest BCUT2D eigenvalue weighted by molar-refractivity contribution is -0.141. The number of nitrogens with zero attached hydrogens (tertiary/aromatic N) is 3. The van der Waals surface area contributed by atoms with Crippen LogP contribution in [0, 0.1) is 5.92 Å². The smallest absolute Gasteiger partial charge is 0.308 e. The van der Waals surface area contributed by atoms with Gasteiger partial charge in [-0.2, -0.15) is 5.10 Å². The first kappa shape index (κ1) is 16.2. The number of ether oxygens (including phenoxy) is 1. The first-order chi connectivity index (χ1) is 12.6. The lowest BCUT2D eigenvalue weighted by atomic mass is 9.96. The second-order valence-corrected chi connectivity index (χ2v) is 6.21. The zero-order valence-corrected chi connectivity index (χ0v) is 14.2. The predicted molar refractivity (Wildman–Crippen MR) is 93.0 cm³/mol. The Balaban J connectivity index is 1.56. The van der Waals surface area contributed by atoms with Gasteiger partial charge in [0.1, 0.15) is 11.6 Å². The van der Waals surface area contributed by atoms with E-state index in [0.29, 0.717) is 31.2 Å². The van der Waals surface area contributed by atoms with Gasteiger partial charge >= 0.3 is 5.97 Å². The van der Waals surface area contributed by atoms with Crippen molar-refractivity contribution in [1.82, 2.24) is 15.2 Å². The first-order valence-electron chi connectivity index (χ1n) is 8.23. The number of oxazole rings is 1. The lowest BCUT2D eigenvalue weighted by Gasteiger charge is -2.30. The van der Waals surface area contributed by atoms with Crippen LogP contribution in [0.25, 0.3) is 11.3 Å². The van der Waals surface area contributed by atoms with E-state index in [0.717, 1.165) is 22.7 Å². The van der Waals surface area contributed by atoms with Crippen LogP contribution in [-0.2, 0) is 17.8 Å². The molecule has 1 aliphatic rings. The molecule has 134 valence electrons. The number of benzene rings is 1. The van der Waals surface area contributed by atoms with E-state index in [1.54, 1.807) is 19.5 Å². The zero-order valence-electron chi connectivity index (χ0n) is 14.2. The Kier molecular flexibility index (Phi) is 4.08. The second-order valence-electron chi connectivity index (χ2n) is 6.21. The third kappa shape index (κ3) is 3.01. The number of nitrogens with one attached hydrogen (secondary N) is 1. The monoisotopic (exact) mass is 354 g/mol. The Bertz CT molecular complexity index is 933. The van der Waals surface area contributed by atoms with E-state index in [9.17, 15) is 9.90 Å². The number of rotatable bonds is 5. The number of carboxylic acid groups (broad SMARTS) is 1. The van der Waals surface area contributed by atoms with Gasteiger partial charge in [-0.05, 0) is 18.6 Å². The Morgan fingerprint density at radius 1 is 1.46 bits per heavy atom. The molecule has 0 radical (unpaired) electrons. The molecule has 3 heterocycles. The summed E-state index contributed by atoms with van der Waals surface area (Å²) in [5.41, 5.74) is 1.76. The van der Waals surface area contributed by atoms with E-state index in [-0.39, 0.29) is 0 Å². The highest BCUT2D eigenvalue weighted by Gasteiger charge is 2.31. The van der Waals surface area contributed by atoms with Gasteiger partial charge in [-0.15, -0.1) is 0 Å². The summed E-state index contributed by atoms with van der Waals surface area (Å²) in [4.78, 5) is 17.7. The number of hydrogen-bond acceptors (Lipinski definition) is 6. The highest BCUT2D eigenvalue weighted by molar-refractivity contribution is 5.73. The quantitative estimate of drug-likeness (QED) is 0.724. The van der Waals surface area contributed by atoms with Crippen LogP contribution in [-0.4, -0.2) is 39.9 Å². The molecule has 1 aliphatic heterocycles. The molecule has 8 nitrogen and oxygen atoms in total. The minimum Gasteiger partial charge on any atom is -0.497 e. The molecule has 0 spiro atoms. The van der Waals surface area contributed by atoms with Crippen LogP contribution in [0.5, 0.6) is 5.75 Å². The minimum atomic E-state index is -0.814. The first-order valence-corrected chi connectivity index (χ1v) is 8.23. The molecule has 3 aromatic rings. The number of aromatic nitrogens is 3. The number of hydrogen-bond donors (Lipinski definition) is 2. The number of H-pyrrole nitrogens is 1. The number of aliphatic carboxylic acids is 1. The molecule has 1 atom stereocenters. The van der Waals surface area contributed by atoms with Gasteiger partial charge in [0.15, 0.2) is 5.76 Å². The van der Waals surface area contributed by atoms with Gasteiger partial charge < -0.3 is 19.2 Å². The lowest BCUT2D eigenvalue weighted by Crippen LogP contribution is -2.38. The number of fused-ring (bicyclic) bond motifs is 1. The van der Waals surface area contributed by atoms with Crippen LogP contribution in [0.2, 0.25) is 0 Å². The summed E-state index contributed by atoms with van der Waals surface area (Å²) in [5.74, 6) is 1.41. The summed E-state index contributed by atoms with van der Waals surface area (Å²) in [5, 5.41) is 16.4. The van der Waals surface area contributed by atoms with E-state index in [2.05, 4.69) is 15.2 Å². The summed E-state index contributed by atoms with van der Waals surface area (Å²) in [6, 6.07) is 7.54. The average Bonchev–Trinajstić information content (AvgIpc) is 3.31. The van der Waals surface area contributed by atoms with Gasteiger partial charge in [0.25, 0.3) is 0 Å². The Hall–Kier alpha value is -3.29. The maximum Gasteiger partial charge on any atom is 0.308 e. The van der Waals surface area contributed by atoms with Crippen molar-refractivity contribution in [3.63, 3.8) is 0 Å². The van der Waals surface area contributed by atoms with Crippen molar-refractivity contribution >= 4 is 11.8 Å². The van der Waals surface area contributed by atoms with Crippen LogP contribution in [0.3, 0.4) is 0 Å². The zero-order chi connectivity index (χ0) is 18.1. The van der Waals surface area contributed by atoms with Crippen molar-refractivity contribution in [1.29, 1.82) is 0 Å². The molecule has 0 bridgehead atoms. The third-order valence-corrected chi connectivity index (χ3v) is 4.50. The highest BCUT2D eigenvalue weighted by atomic mass is 16.5. The number of aromatic amines is 1. The molecule has 4 rings (SSSR count). The number of carboxylic acids is 1. The molecule has 0 fully saturated rings. The third-order valence-electron chi connectivity index (χ3n) is 4.50. The van der Waals surface area contributed by atoms with E-state index in [1.165, 1.54) is 0 Å². The van der Waals surface area contributed by atoms with Gasteiger partial charge in [-0.25, -0.2) is 4.98 Å². The average molecular weight is 354 g/mol. The minimum absolute atomic E-state index is 0.364. The Morgan fingerprint density at radius 2 is 2.35 bits per heavy atom. The largest absolute Gasteiger partial charge is 0.497 e. The summed E-state index contributed by atoms with van der Waals surface area (Å²) in [6.45, 7) is 0.740. The summed E-state index contributed by atoms with van der Waals surface area (Å²) in [6.07, 6.45) is 3.81. The van der Waals surface area contributed by atoms with Crippen LogP contribution in [0.15, 0.2) is 41.1 Å². The summed E-state index contributed by atoms with van der Waals surface area (Å²) >= 11 is 0. The number of anilines is 1. The van der Waals surface area contributed by atoms with Crippen molar-refractivity contribution in [3.05, 3.63) is 48.1 Å². The fourth-order valence-electron chi connectivity index (χ4n) is 3.18. The maximum atomic E-state index is 11.4. The molecule has 26 heavy (non-hydrogen) atoms. The number of methoxy groups -OCH3 is 1. The fraction of sp³-hybridized carbons (Fsp3) is 0.278. The van der Waals surface area contributed by atoms with Crippen LogP contribution < -0.4 is 9.64 Å².